The van der Waals surface area contributed by atoms with Crippen LogP contribution in [0, 0.1) is 0 Å². The van der Waals surface area contributed by atoms with Gasteiger partial charge in [0.15, 0.2) is 0 Å². The van der Waals surface area contributed by atoms with Gasteiger partial charge in [0.1, 0.15) is 5.75 Å². The highest BCUT2D eigenvalue weighted by Gasteiger charge is 2.27. The Bertz CT molecular complexity index is 653. The number of halogens is 1. The van der Waals surface area contributed by atoms with Crippen LogP contribution in [0.25, 0.3) is 0 Å². The van der Waals surface area contributed by atoms with Crippen molar-refractivity contribution in [3.8, 4) is 5.75 Å². The molecular weight excluding hydrogens is 308 g/mol. The van der Waals surface area contributed by atoms with Gasteiger partial charge in [0.05, 0.1) is 13.2 Å². The molecule has 1 heterocycles. The lowest BCUT2D eigenvalue weighted by Gasteiger charge is -2.37. The molecule has 3 rings (SSSR count). The van der Waals surface area contributed by atoms with Crippen LogP contribution in [0.4, 0.5) is 0 Å². The quantitative estimate of drug-likeness (QED) is 0.925. The van der Waals surface area contributed by atoms with E-state index < -0.39 is 0 Å². The topological polar surface area (TPSA) is 38.5 Å². The van der Waals surface area contributed by atoms with Crippen molar-refractivity contribution in [2.24, 2.45) is 5.73 Å². The van der Waals surface area contributed by atoms with E-state index in [1.807, 2.05) is 30.3 Å². The van der Waals surface area contributed by atoms with Gasteiger partial charge in [-0.2, -0.15) is 0 Å². The molecule has 0 spiro atoms. The SMILES string of the molecule is COc1cccc(C(c2ccccc2Cl)N2CCC(N)CC2)c1. The van der Waals surface area contributed by atoms with Crippen molar-refractivity contribution in [3.63, 3.8) is 0 Å². The first-order chi connectivity index (χ1) is 11.2. The maximum atomic E-state index is 6.51. The van der Waals surface area contributed by atoms with Gasteiger partial charge in [-0.3, -0.25) is 4.90 Å². The Labute approximate surface area is 143 Å². The first kappa shape index (κ1) is 16.3. The maximum absolute atomic E-state index is 6.51. The van der Waals surface area contributed by atoms with Crippen molar-refractivity contribution < 1.29 is 4.74 Å². The molecule has 0 bridgehead atoms. The second-order valence-corrected chi connectivity index (χ2v) is 6.48. The molecule has 0 saturated carbocycles. The van der Waals surface area contributed by atoms with Crippen LogP contribution >= 0.6 is 11.6 Å². The molecule has 2 aromatic carbocycles. The minimum Gasteiger partial charge on any atom is -0.497 e. The van der Waals surface area contributed by atoms with Crippen LogP contribution in [-0.4, -0.2) is 31.1 Å². The van der Waals surface area contributed by atoms with E-state index in [1.165, 1.54) is 5.56 Å². The van der Waals surface area contributed by atoms with Crippen LogP contribution < -0.4 is 10.5 Å². The van der Waals surface area contributed by atoms with Gasteiger partial charge in [-0.05, 0) is 42.2 Å². The van der Waals surface area contributed by atoms with Crippen LogP contribution in [0.3, 0.4) is 0 Å². The van der Waals surface area contributed by atoms with Crippen molar-refractivity contribution >= 4 is 11.6 Å². The summed E-state index contributed by atoms with van der Waals surface area (Å²) in [5, 5.41) is 0.801. The monoisotopic (exact) mass is 330 g/mol. The van der Waals surface area contributed by atoms with Gasteiger partial charge in [-0.25, -0.2) is 0 Å². The molecule has 0 aromatic heterocycles. The molecule has 1 aliphatic rings. The molecule has 1 fully saturated rings. The predicted molar refractivity (Wildman–Crippen MR) is 95.1 cm³/mol. The number of nitrogens with zero attached hydrogens (tertiary/aromatic N) is 1. The zero-order chi connectivity index (χ0) is 16.2. The van der Waals surface area contributed by atoms with Crippen molar-refractivity contribution in [2.45, 2.75) is 24.9 Å². The highest BCUT2D eigenvalue weighted by molar-refractivity contribution is 6.31. The molecule has 1 unspecified atom stereocenters. The van der Waals surface area contributed by atoms with E-state index in [0.29, 0.717) is 6.04 Å². The molecule has 0 aliphatic carbocycles. The number of rotatable bonds is 4. The number of benzene rings is 2. The molecule has 1 atom stereocenters. The summed E-state index contributed by atoms with van der Waals surface area (Å²) in [6, 6.07) is 16.8. The van der Waals surface area contributed by atoms with E-state index >= 15 is 0 Å². The molecule has 122 valence electrons. The van der Waals surface area contributed by atoms with E-state index in [-0.39, 0.29) is 6.04 Å². The van der Waals surface area contributed by atoms with Gasteiger partial charge in [0.25, 0.3) is 0 Å². The number of ether oxygens (including phenoxy) is 1. The molecule has 1 aliphatic heterocycles. The fraction of sp³-hybridized carbons (Fsp3) is 0.368. The van der Waals surface area contributed by atoms with Gasteiger partial charge in [-0.1, -0.05) is 41.9 Å². The first-order valence-corrected chi connectivity index (χ1v) is 8.45. The lowest BCUT2D eigenvalue weighted by atomic mass is 9.94. The lowest BCUT2D eigenvalue weighted by Crippen LogP contribution is -2.42. The molecule has 0 amide bonds. The zero-order valence-corrected chi connectivity index (χ0v) is 14.2. The smallest absolute Gasteiger partial charge is 0.119 e. The summed E-state index contributed by atoms with van der Waals surface area (Å²) >= 11 is 6.51. The number of piperidine rings is 1. The standard InChI is InChI=1S/C19H23ClN2O/c1-23-16-6-4-5-14(13-16)19(17-7-2-3-8-18(17)20)22-11-9-15(21)10-12-22/h2-8,13,15,19H,9-12,21H2,1H3. The Hall–Kier alpha value is -1.55. The average molecular weight is 331 g/mol. The normalized spacial score (nSPS) is 17.9. The zero-order valence-electron chi connectivity index (χ0n) is 13.4. The van der Waals surface area contributed by atoms with E-state index in [4.69, 9.17) is 22.1 Å². The van der Waals surface area contributed by atoms with Crippen LogP contribution in [0.15, 0.2) is 48.5 Å². The Morgan fingerprint density at radius 3 is 2.57 bits per heavy atom. The van der Waals surface area contributed by atoms with Crippen LogP contribution in [0.5, 0.6) is 5.75 Å². The van der Waals surface area contributed by atoms with E-state index in [1.54, 1.807) is 7.11 Å². The molecule has 2 N–H and O–H groups in total. The second kappa shape index (κ2) is 7.35. The minimum atomic E-state index is 0.131. The summed E-state index contributed by atoms with van der Waals surface area (Å²) in [5.41, 5.74) is 8.42. The third kappa shape index (κ3) is 3.69. The third-order valence-electron chi connectivity index (χ3n) is 4.55. The first-order valence-electron chi connectivity index (χ1n) is 8.07. The highest BCUT2D eigenvalue weighted by atomic mass is 35.5. The molecule has 1 saturated heterocycles. The summed E-state index contributed by atoms with van der Waals surface area (Å²) in [4.78, 5) is 2.47. The molecule has 3 nitrogen and oxygen atoms in total. The Kier molecular flexibility index (Phi) is 5.21. The van der Waals surface area contributed by atoms with Crippen LogP contribution in [-0.2, 0) is 0 Å². The lowest BCUT2D eigenvalue weighted by molar-refractivity contribution is 0.175. The number of nitrogens with two attached hydrogens (primary N) is 1. The van der Waals surface area contributed by atoms with Gasteiger partial charge in [0.2, 0.25) is 0 Å². The fourth-order valence-electron chi connectivity index (χ4n) is 3.27. The molecule has 23 heavy (non-hydrogen) atoms. The number of likely N-dealkylation sites (tertiary alicyclic amines) is 1. The maximum Gasteiger partial charge on any atom is 0.119 e. The Balaban J connectivity index is 2.01. The van der Waals surface area contributed by atoms with Gasteiger partial charge in [0, 0.05) is 24.2 Å². The van der Waals surface area contributed by atoms with Gasteiger partial charge < -0.3 is 10.5 Å². The predicted octanol–water partition coefficient (Wildman–Crippen LogP) is 3.86. The van der Waals surface area contributed by atoms with Gasteiger partial charge >= 0.3 is 0 Å². The molecule has 2 aromatic rings. The van der Waals surface area contributed by atoms with Crippen molar-refractivity contribution in [3.05, 3.63) is 64.7 Å². The molecular formula is C19H23ClN2O. The van der Waals surface area contributed by atoms with Gasteiger partial charge in [-0.15, -0.1) is 0 Å². The largest absolute Gasteiger partial charge is 0.497 e. The summed E-state index contributed by atoms with van der Waals surface area (Å²) < 4.78 is 5.40. The minimum absolute atomic E-state index is 0.131. The van der Waals surface area contributed by atoms with E-state index in [0.717, 1.165) is 42.3 Å². The fourth-order valence-corrected chi connectivity index (χ4v) is 3.51. The summed E-state index contributed by atoms with van der Waals surface area (Å²) in [6.45, 7) is 1.96. The summed E-state index contributed by atoms with van der Waals surface area (Å²) in [7, 11) is 1.70. The average Bonchev–Trinajstić information content (AvgIpc) is 2.59. The van der Waals surface area contributed by atoms with Crippen molar-refractivity contribution in [1.29, 1.82) is 0 Å². The Morgan fingerprint density at radius 2 is 1.87 bits per heavy atom. The second-order valence-electron chi connectivity index (χ2n) is 6.07. The van der Waals surface area contributed by atoms with Crippen LogP contribution in [0.2, 0.25) is 5.02 Å². The molecule has 4 heteroatoms. The Morgan fingerprint density at radius 1 is 1.13 bits per heavy atom. The number of hydrogen-bond acceptors (Lipinski definition) is 3. The number of methoxy groups -OCH3 is 1. The summed E-state index contributed by atoms with van der Waals surface area (Å²) in [5.74, 6) is 0.869. The van der Waals surface area contributed by atoms with E-state index in [2.05, 4.69) is 23.1 Å². The summed E-state index contributed by atoms with van der Waals surface area (Å²) in [6.07, 6.45) is 2.04. The van der Waals surface area contributed by atoms with Crippen molar-refractivity contribution in [1.82, 2.24) is 4.90 Å². The molecule has 0 radical (unpaired) electrons. The highest BCUT2D eigenvalue weighted by Crippen LogP contribution is 2.35. The van der Waals surface area contributed by atoms with E-state index in [9.17, 15) is 0 Å². The number of hydrogen-bond donors (Lipinski definition) is 1. The van der Waals surface area contributed by atoms with Crippen LogP contribution in [0.1, 0.15) is 30.0 Å². The van der Waals surface area contributed by atoms with Crippen molar-refractivity contribution in [2.75, 3.05) is 20.2 Å². The third-order valence-corrected chi connectivity index (χ3v) is 4.89.